The number of nitro groups is 1. The molecule has 0 aliphatic rings. The average molecular weight is 243 g/mol. The van der Waals surface area contributed by atoms with E-state index in [0.717, 1.165) is 0 Å². The quantitative estimate of drug-likeness (QED) is 0.338. The number of benzene rings is 1. The SMILES string of the molecule is COCCOc1ccc([N+](=O)[O-])c(COO)c1. The fraction of sp³-hybridized carbons (Fsp3) is 0.400. The van der Waals surface area contributed by atoms with Crippen molar-refractivity contribution in [1.29, 1.82) is 0 Å². The molecule has 0 saturated carbocycles. The Hall–Kier alpha value is -1.70. The summed E-state index contributed by atoms with van der Waals surface area (Å²) >= 11 is 0. The highest BCUT2D eigenvalue weighted by molar-refractivity contribution is 5.44. The van der Waals surface area contributed by atoms with Gasteiger partial charge >= 0.3 is 0 Å². The molecule has 1 N–H and O–H groups in total. The van der Waals surface area contributed by atoms with Crippen LogP contribution in [0.4, 0.5) is 5.69 Å². The maximum absolute atomic E-state index is 10.7. The zero-order chi connectivity index (χ0) is 12.7. The molecular weight excluding hydrogens is 230 g/mol. The van der Waals surface area contributed by atoms with E-state index in [9.17, 15) is 10.1 Å². The highest BCUT2D eigenvalue weighted by Crippen LogP contribution is 2.24. The first-order chi connectivity index (χ1) is 8.19. The van der Waals surface area contributed by atoms with E-state index >= 15 is 0 Å². The third kappa shape index (κ3) is 3.99. The highest BCUT2D eigenvalue weighted by atomic mass is 17.1. The maximum Gasteiger partial charge on any atom is 0.275 e. The van der Waals surface area contributed by atoms with Gasteiger partial charge in [-0.25, -0.2) is 4.89 Å². The molecule has 7 nitrogen and oxygen atoms in total. The summed E-state index contributed by atoms with van der Waals surface area (Å²) in [5, 5.41) is 19.0. The third-order valence-electron chi connectivity index (χ3n) is 2.02. The van der Waals surface area contributed by atoms with Gasteiger partial charge in [-0.2, -0.15) is 0 Å². The summed E-state index contributed by atoms with van der Waals surface area (Å²) in [5.74, 6) is 0.458. The van der Waals surface area contributed by atoms with Gasteiger partial charge in [-0.1, -0.05) is 0 Å². The molecule has 0 spiro atoms. The number of hydrogen-bond donors (Lipinski definition) is 1. The molecule has 0 unspecified atom stereocenters. The Morgan fingerprint density at radius 2 is 2.18 bits per heavy atom. The van der Waals surface area contributed by atoms with Crippen molar-refractivity contribution in [3.05, 3.63) is 33.9 Å². The van der Waals surface area contributed by atoms with Gasteiger partial charge in [0.25, 0.3) is 5.69 Å². The lowest BCUT2D eigenvalue weighted by atomic mass is 10.2. The Labute approximate surface area is 97.6 Å². The van der Waals surface area contributed by atoms with E-state index in [-0.39, 0.29) is 17.9 Å². The monoisotopic (exact) mass is 243 g/mol. The Balaban J connectivity index is 2.81. The van der Waals surface area contributed by atoms with E-state index < -0.39 is 4.92 Å². The number of hydrogen-bond acceptors (Lipinski definition) is 6. The first-order valence-corrected chi connectivity index (χ1v) is 4.84. The van der Waals surface area contributed by atoms with Crippen molar-refractivity contribution >= 4 is 5.69 Å². The van der Waals surface area contributed by atoms with Crippen molar-refractivity contribution in [2.24, 2.45) is 0 Å². The van der Waals surface area contributed by atoms with Crippen LogP contribution in [0.2, 0.25) is 0 Å². The van der Waals surface area contributed by atoms with E-state index in [1.54, 1.807) is 7.11 Å². The molecule has 94 valence electrons. The number of nitrogens with zero attached hydrogens (tertiary/aromatic N) is 1. The van der Waals surface area contributed by atoms with Crippen LogP contribution in [0.3, 0.4) is 0 Å². The average Bonchev–Trinajstić information content (AvgIpc) is 2.30. The minimum absolute atomic E-state index is 0.127. The van der Waals surface area contributed by atoms with Crippen molar-refractivity contribution in [2.75, 3.05) is 20.3 Å². The van der Waals surface area contributed by atoms with Crippen LogP contribution >= 0.6 is 0 Å². The largest absolute Gasteiger partial charge is 0.491 e. The molecule has 0 amide bonds. The molecule has 0 aliphatic carbocycles. The van der Waals surface area contributed by atoms with Crippen molar-refractivity contribution in [3.63, 3.8) is 0 Å². The number of rotatable bonds is 7. The van der Waals surface area contributed by atoms with Crippen LogP contribution in [0.1, 0.15) is 5.56 Å². The Morgan fingerprint density at radius 3 is 2.76 bits per heavy atom. The predicted octanol–water partition coefficient (Wildman–Crippen LogP) is 1.61. The van der Waals surface area contributed by atoms with Crippen LogP contribution in [0, 0.1) is 10.1 Å². The van der Waals surface area contributed by atoms with Crippen LogP contribution in [-0.4, -0.2) is 30.5 Å². The van der Waals surface area contributed by atoms with Gasteiger partial charge in [0.05, 0.1) is 17.1 Å². The standard InChI is InChI=1S/C10H13NO6/c1-15-4-5-16-9-2-3-10(11(12)13)8(6-9)7-17-14/h2-3,6,14H,4-5,7H2,1H3. The summed E-state index contributed by atoms with van der Waals surface area (Å²) in [6.07, 6.45) is 0. The zero-order valence-corrected chi connectivity index (χ0v) is 9.29. The summed E-state index contributed by atoms with van der Waals surface area (Å²) < 4.78 is 10.1. The van der Waals surface area contributed by atoms with Crippen molar-refractivity contribution in [1.82, 2.24) is 0 Å². The summed E-state index contributed by atoms with van der Waals surface area (Å²) in [6, 6.07) is 4.23. The lowest BCUT2D eigenvalue weighted by molar-refractivity contribution is -0.386. The predicted molar refractivity (Wildman–Crippen MR) is 57.9 cm³/mol. The van der Waals surface area contributed by atoms with Gasteiger partial charge in [-0.05, 0) is 12.1 Å². The molecular formula is C10H13NO6. The molecule has 1 aromatic rings. The maximum atomic E-state index is 10.7. The van der Waals surface area contributed by atoms with Gasteiger partial charge in [-0.3, -0.25) is 15.4 Å². The molecule has 0 aliphatic heterocycles. The van der Waals surface area contributed by atoms with E-state index in [0.29, 0.717) is 19.0 Å². The fourth-order valence-corrected chi connectivity index (χ4v) is 1.26. The van der Waals surface area contributed by atoms with Crippen molar-refractivity contribution in [3.8, 4) is 5.75 Å². The van der Waals surface area contributed by atoms with Crippen molar-refractivity contribution < 1.29 is 24.5 Å². The zero-order valence-electron chi connectivity index (χ0n) is 9.29. The van der Waals surface area contributed by atoms with Crippen LogP contribution < -0.4 is 4.74 Å². The summed E-state index contributed by atoms with van der Waals surface area (Å²) in [6.45, 7) is 0.494. The summed E-state index contributed by atoms with van der Waals surface area (Å²) in [5.41, 5.74) is 0.116. The smallest absolute Gasteiger partial charge is 0.275 e. The van der Waals surface area contributed by atoms with Gasteiger partial charge in [-0.15, -0.1) is 0 Å². The van der Waals surface area contributed by atoms with Crippen LogP contribution in [-0.2, 0) is 16.2 Å². The molecule has 0 radical (unpaired) electrons. The molecule has 1 aromatic carbocycles. The fourth-order valence-electron chi connectivity index (χ4n) is 1.26. The molecule has 0 bridgehead atoms. The Kier molecular flexibility index (Phi) is 5.34. The van der Waals surface area contributed by atoms with Gasteiger partial charge < -0.3 is 9.47 Å². The molecule has 0 atom stereocenters. The molecule has 7 heteroatoms. The highest BCUT2D eigenvalue weighted by Gasteiger charge is 2.14. The van der Waals surface area contributed by atoms with Gasteiger partial charge in [0.2, 0.25) is 0 Å². The van der Waals surface area contributed by atoms with Crippen LogP contribution in [0.25, 0.3) is 0 Å². The second kappa shape index (κ2) is 6.79. The number of methoxy groups -OCH3 is 1. The molecule has 0 fully saturated rings. The number of ether oxygens (including phenoxy) is 2. The third-order valence-corrected chi connectivity index (χ3v) is 2.02. The molecule has 0 saturated heterocycles. The summed E-state index contributed by atoms with van der Waals surface area (Å²) in [4.78, 5) is 14.0. The normalized spacial score (nSPS) is 10.2. The van der Waals surface area contributed by atoms with E-state index in [1.165, 1.54) is 18.2 Å². The van der Waals surface area contributed by atoms with Crippen LogP contribution in [0.15, 0.2) is 18.2 Å². The van der Waals surface area contributed by atoms with Gasteiger partial charge in [0, 0.05) is 13.2 Å². The Bertz CT molecular complexity index is 381. The van der Waals surface area contributed by atoms with E-state index in [1.807, 2.05) is 0 Å². The second-order valence-corrected chi connectivity index (χ2v) is 3.16. The second-order valence-electron chi connectivity index (χ2n) is 3.16. The van der Waals surface area contributed by atoms with Gasteiger partial charge in [0.15, 0.2) is 0 Å². The topological polar surface area (TPSA) is 91.1 Å². The van der Waals surface area contributed by atoms with Crippen molar-refractivity contribution in [2.45, 2.75) is 6.61 Å². The molecule has 17 heavy (non-hydrogen) atoms. The lowest BCUT2D eigenvalue weighted by Crippen LogP contribution is -2.05. The minimum atomic E-state index is -0.548. The molecule has 1 rings (SSSR count). The molecule has 0 heterocycles. The van der Waals surface area contributed by atoms with Crippen LogP contribution in [0.5, 0.6) is 5.75 Å². The minimum Gasteiger partial charge on any atom is -0.491 e. The first kappa shape index (κ1) is 13.4. The first-order valence-electron chi connectivity index (χ1n) is 4.84. The van der Waals surface area contributed by atoms with Gasteiger partial charge in [0.1, 0.15) is 19.0 Å². The molecule has 0 aromatic heterocycles. The summed E-state index contributed by atoms with van der Waals surface area (Å²) in [7, 11) is 1.55. The number of nitro benzene ring substituents is 1. The van der Waals surface area contributed by atoms with E-state index in [4.69, 9.17) is 14.7 Å². The Morgan fingerprint density at radius 1 is 1.41 bits per heavy atom. The van der Waals surface area contributed by atoms with E-state index in [2.05, 4.69) is 4.89 Å². The lowest BCUT2D eigenvalue weighted by Gasteiger charge is -2.07.